The van der Waals surface area contributed by atoms with Crippen LogP contribution in [-0.4, -0.2) is 21.5 Å². The minimum atomic E-state index is -4.50. The second-order valence-corrected chi connectivity index (χ2v) is 4.62. The van der Waals surface area contributed by atoms with Gasteiger partial charge in [-0.1, -0.05) is 16.8 Å². The van der Waals surface area contributed by atoms with Gasteiger partial charge in [-0.15, -0.1) is 5.10 Å². The van der Waals surface area contributed by atoms with Crippen molar-refractivity contribution in [1.29, 1.82) is 0 Å². The van der Waals surface area contributed by atoms with Crippen molar-refractivity contribution in [2.24, 2.45) is 5.73 Å². The molecule has 4 nitrogen and oxygen atoms in total. The summed E-state index contributed by atoms with van der Waals surface area (Å²) in [5, 5.41) is 7.35. The number of nitrogens with zero attached hydrogens (tertiary/aromatic N) is 3. The van der Waals surface area contributed by atoms with Gasteiger partial charge in [0.05, 0.1) is 28.2 Å². The van der Waals surface area contributed by atoms with Gasteiger partial charge >= 0.3 is 6.18 Å². The molecule has 2 N–H and O–H groups in total. The van der Waals surface area contributed by atoms with Gasteiger partial charge in [0.15, 0.2) is 0 Å². The Morgan fingerprint density at radius 3 is 2.70 bits per heavy atom. The predicted molar refractivity (Wildman–Crippen MR) is 68.7 cm³/mol. The first-order valence-corrected chi connectivity index (χ1v) is 6.28. The summed E-state index contributed by atoms with van der Waals surface area (Å²) < 4.78 is 39.6. The van der Waals surface area contributed by atoms with Gasteiger partial charge in [0, 0.05) is 0 Å². The van der Waals surface area contributed by atoms with Crippen LogP contribution in [0, 0.1) is 0 Å². The van der Waals surface area contributed by atoms with Crippen LogP contribution >= 0.6 is 11.6 Å². The number of hydrogen-bond donors (Lipinski definition) is 1. The molecule has 0 aliphatic rings. The molecule has 108 valence electrons. The van der Waals surface area contributed by atoms with E-state index in [1.165, 1.54) is 16.8 Å². The van der Waals surface area contributed by atoms with Crippen molar-refractivity contribution in [3.8, 4) is 5.69 Å². The van der Waals surface area contributed by atoms with Gasteiger partial charge in [0.1, 0.15) is 0 Å². The topological polar surface area (TPSA) is 56.7 Å². The first-order chi connectivity index (χ1) is 9.41. The molecule has 0 amide bonds. The highest BCUT2D eigenvalue weighted by Gasteiger charge is 2.33. The quantitative estimate of drug-likeness (QED) is 0.945. The van der Waals surface area contributed by atoms with E-state index in [0.29, 0.717) is 18.7 Å². The van der Waals surface area contributed by atoms with Crippen LogP contribution in [0.15, 0.2) is 24.4 Å². The fourth-order valence-electron chi connectivity index (χ4n) is 1.70. The molecule has 2 aromatic rings. The molecule has 0 saturated carbocycles. The summed E-state index contributed by atoms with van der Waals surface area (Å²) in [6.07, 6.45) is -1.54. The van der Waals surface area contributed by atoms with Gasteiger partial charge in [-0.2, -0.15) is 13.2 Å². The maximum atomic E-state index is 12.8. The molecule has 0 bridgehead atoms. The van der Waals surface area contributed by atoms with E-state index in [1.807, 2.05) is 0 Å². The lowest BCUT2D eigenvalue weighted by molar-refractivity contribution is -0.137. The lowest BCUT2D eigenvalue weighted by Gasteiger charge is -2.10. The molecule has 1 aromatic heterocycles. The first-order valence-electron chi connectivity index (χ1n) is 5.90. The van der Waals surface area contributed by atoms with Crippen molar-refractivity contribution in [1.82, 2.24) is 15.0 Å². The average Bonchev–Trinajstić information content (AvgIpc) is 2.84. The molecule has 0 fully saturated rings. The van der Waals surface area contributed by atoms with Crippen LogP contribution < -0.4 is 5.73 Å². The number of nitrogens with two attached hydrogens (primary N) is 1. The Morgan fingerprint density at radius 1 is 1.30 bits per heavy atom. The van der Waals surface area contributed by atoms with Gasteiger partial charge in [-0.3, -0.25) is 0 Å². The summed E-state index contributed by atoms with van der Waals surface area (Å²) in [5.74, 6) is 0. The normalized spacial score (nSPS) is 11.8. The molecule has 20 heavy (non-hydrogen) atoms. The Labute approximate surface area is 118 Å². The van der Waals surface area contributed by atoms with E-state index >= 15 is 0 Å². The highest BCUT2D eigenvalue weighted by Crippen LogP contribution is 2.35. The van der Waals surface area contributed by atoms with Crippen molar-refractivity contribution in [2.45, 2.75) is 19.0 Å². The minimum Gasteiger partial charge on any atom is -0.330 e. The van der Waals surface area contributed by atoms with Crippen LogP contribution in [0.5, 0.6) is 0 Å². The van der Waals surface area contributed by atoms with Crippen LogP contribution in [0.2, 0.25) is 5.02 Å². The zero-order valence-electron chi connectivity index (χ0n) is 10.4. The number of benzene rings is 1. The monoisotopic (exact) mass is 304 g/mol. The van der Waals surface area contributed by atoms with Crippen LogP contribution in [0.25, 0.3) is 5.69 Å². The molecule has 2 rings (SSSR count). The largest absolute Gasteiger partial charge is 0.417 e. The van der Waals surface area contributed by atoms with Gasteiger partial charge < -0.3 is 5.73 Å². The molecule has 0 saturated heterocycles. The fraction of sp³-hybridized carbons (Fsp3) is 0.333. The highest BCUT2D eigenvalue weighted by molar-refractivity contribution is 6.31. The summed E-state index contributed by atoms with van der Waals surface area (Å²) in [4.78, 5) is 0. The summed E-state index contributed by atoms with van der Waals surface area (Å²) in [5.41, 5.74) is 5.43. The van der Waals surface area contributed by atoms with Crippen molar-refractivity contribution < 1.29 is 13.2 Å². The molecule has 0 atom stereocenters. The molecule has 0 radical (unpaired) electrons. The number of aryl methyl sites for hydroxylation is 1. The van der Waals surface area contributed by atoms with Gasteiger partial charge in [0.25, 0.3) is 0 Å². The molecule has 0 spiro atoms. The Bertz CT molecular complexity index is 595. The molecule has 1 heterocycles. The second-order valence-electron chi connectivity index (χ2n) is 4.21. The van der Waals surface area contributed by atoms with Gasteiger partial charge in [0.2, 0.25) is 0 Å². The minimum absolute atomic E-state index is 0.258. The maximum absolute atomic E-state index is 12.8. The standard InChI is InChI=1S/C12H12ClF3N4/c13-11-4-3-9(6-10(11)12(14,15)16)20-7-8(18-19-20)2-1-5-17/h3-4,6-7H,1-2,5,17H2. The summed E-state index contributed by atoms with van der Waals surface area (Å²) in [6, 6.07) is 3.60. The third kappa shape index (κ3) is 3.29. The van der Waals surface area contributed by atoms with Crippen LogP contribution in [0.1, 0.15) is 17.7 Å². The zero-order valence-corrected chi connectivity index (χ0v) is 11.1. The smallest absolute Gasteiger partial charge is 0.330 e. The van der Waals surface area contributed by atoms with Crippen molar-refractivity contribution >= 4 is 11.6 Å². The van der Waals surface area contributed by atoms with Crippen molar-refractivity contribution in [3.63, 3.8) is 0 Å². The molecule has 8 heteroatoms. The van der Waals surface area contributed by atoms with Crippen molar-refractivity contribution in [3.05, 3.63) is 40.7 Å². The Balaban J connectivity index is 2.31. The molecule has 0 aliphatic carbocycles. The Kier molecular flexibility index (Phi) is 4.29. The van der Waals surface area contributed by atoms with Crippen LogP contribution in [-0.2, 0) is 12.6 Å². The predicted octanol–water partition coefficient (Wildman–Crippen LogP) is 2.83. The van der Waals surface area contributed by atoms with E-state index in [-0.39, 0.29) is 10.7 Å². The number of halogens is 4. The lowest BCUT2D eigenvalue weighted by atomic mass is 10.2. The molecule has 0 unspecified atom stereocenters. The molecule has 1 aromatic carbocycles. The van der Waals surface area contributed by atoms with E-state index in [0.717, 1.165) is 12.5 Å². The second kappa shape index (κ2) is 5.80. The number of aromatic nitrogens is 3. The number of alkyl halides is 3. The molecular weight excluding hydrogens is 293 g/mol. The van der Waals surface area contributed by atoms with E-state index in [1.54, 1.807) is 6.20 Å². The van der Waals surface area contributed by atoms with E-state index in [9.17, 15) is 13.2 Å². The van der Waals surface area contributed by atoms with Gasteiger partial charge in [-0.05, 0) is 37.6 Å². The van der Waals surface area contributed by atoms with Crippen LogP contribution in [0.4, 0.5) is 13.2 Å². The summed E-state index contributed by atoms with van der Waals surface area (Å²) in [7, 11) is 0. The van der Waals surface area contributed by atoms with E-state index in [4.69, 9.17) is 17.3 Å². The SMILES string of the molecule is NCCCc1cn(-c2ccc(Cl)c(C(F)(F)F)c2)nn1. The highest BCUT2D eigenvalue weighted by atomic mass is 35.5. The zero-order chi connectivity index (χ0) is 14.8. The third-order valence-corrected chi connectivity index (χ3v) is 3.03. The summed E-state index contributed by atoms with van der Waals surface area (Å²) >= 11 is 5.56. The van der Waals surface area contributed by atoms with E-state index in [2.05, 4.69) is 10.3 Å². The van der Waals surface area contributed by atoms with Gasteiger partial charge in [-0.25, -0.2) is 4.68 Å². The molecule has 0 aliphatic heterocycles. The Morgan fingerprint density at radius 2 is 2.05 bits per heavy atom. The fourth-order valence-corrected chi connectivity index (χ4v) is 1.92. The van der Waals surface area contributed by atoms with Crippen LogP contribution in [0.3, 0.4) is 0 Å². The Hall–Kier alpha value is -1.60. The third-order valence-electron chi connectivity index (χ3n) is 2.70. The lowest BCUT2D eigenvalue weighted by Crippen LogP contribution is -2.07. The first kappa shape index (κ1) is 14.8. The summed E-state index contributed by atoms with van der Waals surface area (Å²) in [6.45, 7) is 0.520. The maximum Gasteiger partial charge on any atom is 0.417 e. The number of rotatable bonds is 4. The van der Waals surface area contributed by atoms with E-state index < -0.39 is 11.7 Å². The van der Waals surface area contributed by atoms with Crippen molar-refractivity contribution in [2.75, 3.05) is 6.54 Å². The molecular formula is C12H12ClF3N4. The average molecular weight is 305 g/mol. The number of hydrogen-bond acceptors (Lipinski definition) is 3.